The van der Waals surface area contributed by atoms with Crippen molar-refractivity contribution < 1.29 is 43.2 Å². The second-order valence-corrected chi connectivity index (χ2v) is 13.7. The Morgan fingerprint density at radius 1 is 1.07 bits per heavy atom. The Bertz CT molecular complexity index is 1970. The van der Waals surface area contributed by atoms with Crippen molar-refractivity contribution in [2.45, 2.75) is 35.9 Å². The van der Waals surface area contributed by atoms with Crippen LogP contribution < -0.4 is 10.6 Å². The Balaban J connectivity index is 1.21. The summed E-state index contributed by atoms with van der Waals surface area (Å²) in [6.45, 7) is 1.46. The van der Waals surface area contributed by atoms with Crippen LogP contribution in [0.3, 0.4) is 0 Å². The molecule has 0 saturated carbocycles. The maximum absolute atomic E-state index is 14.0. The molecule has 4 heterocycles. The number of carbonyl (C=O) groups excluding carboxylic acids is 7. The fourth-order valence-corrected chi connectivity index (χ4v) is 8.09. The summed E-state index contributed by atoms with van der Waals surface area (Å²) in [6, 6.07) is 9.12. The normalized spacial score (nSPS) is 22.9. The molecule has 0 aliphatic carbocycles. The van der Waals surface area contributed by atoms with E-state index in [4.69, 9.17) is 11.2 Å². The smallest absolute Gasteiger partial charge is 0.345 e. The number of hydrazone groups is 1. The number of nitrogens with one attached hydrogen (secondary N) is 2. The van der Waals surface area contributed by atoms with Crippen molar-refractivity contribution in [2.24, 2.45) is 5.10 Å². The van der Waals surface area contributed by atoms with Crippen LogP contribution >= 0.6 is 11.8 Å². The van der Waals surface area contributed by atoms with E-state index in [0.29, 0.717) is 11.1 Å². The van der Waals surface area contributed by atoms with Crippen molar-refractivity contribution in [1.29, 1.82) is 0 Å². The molecule has 0 aromatic heterocycles. The molecule has 0 spiro atoms. The quantitative estimate of drug-likeness (QED) is 0.0600. The predicted octanol–water partition coefficient (Wildman–Crippen LogP) is 0.232. The summed E-state index contributed by atoms with van der Waals surface area (Å²) < 4.78 is 5.65. The van der Waals surface area contributed by atoms with Gasteiger partial charge in [-0.15, -0.1) is 6.42 Å². The maximum atomic E-state index is 14.0. The molecule has 2 aromatic carbocycles. The zero-order valence-corrected chi connectivity index (χ0v) is 29.5. The van der Waals surface area contributed by atoms with Gasteiger partial charge in [-0.05, 0) is 30.2 Å². The van der Waals surface area contributed by atoms with Crippen LogP contribution in [-0.4, -0.2) is 133 Å². The molecule has 4 saturated heterocycles. The van der Waals surface area contributed by atoms with Gasteiger partial charge in [0.1, 0.15) is 24.1 Å². The number of imide groups is 1. The van der Waals surface area contributed by atoms with Gasteiger partial charge in [0.2, 0.25) is 16.7 Å². The molecule has 20 heteroatoms. The number of non-ortho nitro benzene ring substituents is 1. The lowest BCUT2D eigenvalue weighted by Gasteiger charge is -2.41. The lowest BCUT2D eigenvalue weighted by Crippen LogP contribution is -2.68. The molecule has 2 N–H and O–H groups in total. The van der Waals surface area contributed by atoms with Crippen molar-refractivity contribution in [3.05, 3.63) is 75.8 Å². The molecule has 8 amide bonds. The molecular formula is C34H33N9O10S. The Morgan fingerprint density at radius 2 is 1.80 bits per heavy atom. The van der Waals surface area contributed by atoms with Crippen LogP contribution in [0.25, 0.3) is 0 Å². The number of likely N-dealkylation sites (N-methyl/N-ethyl adjacent to an activating group) is 1. The van der Waals surface area contributed by atoms with Gasteiger partial charge >= 0.3 is 29.8 Å². The van der Waals surface area contributed by atoms with Crippen LogP contribution in [0.15, 0.2) is 59.7 Å². The molecule has 0 bridgehead atoms. The first-order chi connectivity index (χ1) is 25.9. The van der Waals surface area contributed by atoms with Gasteiger partial charge in [0.25, 0.3) is 5.69 Å². The number of nitro groups is 1. The van der Waals surface area contributed by atoms with Crippen LogP contribution in [0.2, 0.25) is 0 Å². The first kappa shape index (κ1) is 37.3. The van der Waals surface area contributed by atoms with E-state index in [-0.39, 0.29) is 51.6 Å². The lowest BCUT2D eigenvalue weighted by atomic mass is 10.0. The van der Waals surface area contributed by atoms with E-state index in [1.807, 2.05) is 0 Å². The second-order valence-electron chi connectivity index (χ2n) is 12.3. The second kappa shape index (κ2) is 15.2. The number of carbonyl (C=O) groups is 7. The number of nitrogens with zero attached hydrogens (tertiary/aromatic N) is 7. The van der Waals surface area contributed by atoms with Crippen LogP contribution in [-0.2, 0) is 35.3 Å². The highest BCUT2D eigenvalue weighted by Crippen LogP contribution is 2.50. The van der Waals surface area contributed by atoms with Crippen LogP contribution in [0.4, 0.5) is 15.3 Å². The third-order valence-electron chi connectivity index (χ3n) is 9.27. The van der Waals surface area contributed by atoms with E-state index in [1.165, 1.54) is 39.0 Å². The van der Waals surface area contributed by atoms with Gasteiger partial charge in [0, 0.05) is 38.3 Å². The molecule has 19 nitrogen and oxygen atoms in total. The van der Waals surface area contributed by atoms with Crippen LogP contribution in [0, 0.1) is 22.5 Å². The van der Waals surface area contributed by atoms with Crippen molar-refractivity contribution >= 4 is 65.3 Å². The Kier molecular flexibility index (Phi) is 10.5. The van der Waals surface area contributed by atoms with Crippen LogP contribution in [0.5, 0.6) is 0 Å². The fraction of sp³-hybridized carbons (Fsp3) is 0.353. The highest BCUT2D eigenvalue weighted by molar-refractivity contribution is 8.02. The number of ether oxygens (including phenoxy) is 1. The SMILES string of the molecule is C#CC=NN1CCN([C@]2(C(=O)OCc3ccc([N+](=O)[O-])cc3)CN3C(=O)[C@@H](NC(=O)C(NC(=O)N4CCN(CC)C(=O)C4=O)c4ccccc4)[C@H]3S2)C1=O. The molecule has 4 fully saturated rings. The van der Waals surface area contributed by atoms with Gasteiger partial charge in [-0.1, -0.05) is 48.0 Å². The number of β-lactam (4-membered cyclic amide) rings is 1. The number of hydrogen-bond donors (Lipinski definition) is 2. The predicted molar refractivity (Wildman–Crippen MR) is 188 cm³/mol. The topological polar surface area (TPSA) is 224 Å². The first-order valence-corrected chi connectivity index (χ1v) is 17.5. The van der Waals surface area contributed by atoms with Gasteiger partial charge in [-0.3, -0.25) is 39.1 Å². The van der Waals surface area contributed by atoms with E-state index in [1.54, 1.807) is 37.3 Å². The van der Waals surface area contributed by atoms with Gasteiger partial charge < -0.3 is 25.2 Å². The summed E-state index contributed by atoms with van der Waals surface area (Å²) in [5.41, 5.74) is 0.583. The third kappa shape index (κ3) is 6.88. The number of terminal acetylenes is 1. The van der Waals surface area contributed by atoms with Gasteiger partial charge in [-0.25, -0.2) is 19.4 Å². The summed E-state index contributed by atoms with van der Waals surface area (Å²) in [5.74, 6) is -1.97. The standard InChI is InChI=1S/C34H33N9O10S/c1-3-14-35-42-18-17-41(33(42)50)34(31(48)53-19-21-10-12-23(13-11-21)43(51)52)20-40-27(45)25(30(40)54-34)36-26(44)24(22-8-6-5-7-9-22)37-32(49)39-16-15-38(4-2)28(46)29(39)47/h1,5-14,24-25,30H,4,15-20H2,2H3,(H,36,44)(H,37,49)/t24?,25-,30-,34-/m1/s1. The molecule has 0 radical (unpaired) electrons. The molecule has 6 rings (SSSR count). The van der Waals surface area contributed by atoms with Crippen molar-refractivity contribution in [3.63, 3.8) is 0 Å². The van der Waals surface area contributed by atoms with E-state index < -0.39 is 68.9 Å². The number of nitro benzene ring substituents is 1. The molecule has 1 unspecified atom stereocenters. The number of piperazine rings is 1. The van der Waals surface area contributed by atoms with Gasteiger partial charge in [-0.2, -0.15) is 5.10 Å². The average molecular weight is 760 g/mol. The number of urea groups is 2. The first-order valence-electron chi connectivity index (χ1n) is 16.6. The molecule has 280 valence electrons. The minimum absolute atomic E-state index is 0.00199. The molecule has 4 aliphatic heterocycles. The minimum Gasteiger partial charge on any atom is -0.458 e. The van der Waals surface area contributed by atoms with Gasteiger partial charge in [0.05, 0.1) is 24.2 Å². The number of amides is 8. The van der Waals surface area contributed by atoms with Gasteiger partial charge in [0.15, 0.2) is 0 Å². The van der Waals surface area contributed by atoms with E-state index in [9.17, 15) is 43.7 Å². The summed E-state index contributed by atoms with van der Waals surface area (Å²) in [7, 11) is 0. The largest absolute Gasteiger partial charge is 0.458 e. The Hall–Kier alpha value is -6.49. The maximum Gasteiger partial charge on any atom is 0.345 e. The zero-order chi connectivity index (χ0) is 38.7. The number of benzene rings is 2. The number of rotatable bonds is 11. The lowest BCUT2D eigenvalue weighted by molar-refractivity contribution is -0.384. The number of fused-ring (bicyclic) bond motifs is 1. The monoisotopic (exact) mass is 759 g/mol. The van der Waals surface area contributed by atoms with Crippen molar-refractivity contribution in [1.82, 2.24) is 35.2 Å². The molecule has 4 aliphatic rings. The average Bonchev–Trinajstić information content (AvgIpc) is 3.74. The van der Waals surface area contributed by atoms with E-state index >= 15 is 0 Å². The summed E-state index contributed by atoms with van der Waals surface area (Å²) in [6.07, 6.45) is 6.34. The molecular weight excluding hydrogens is 726 g/mol. The number of thioether (sulfide) groups is 1. The van der Waals surface area contributed by atoms with E-state index in [0.717, 1.165) is 27.9 Å². The minimum atomic E-state index is -1.79. The Labute approximate surface area is 311 Å². The zero-order valence-electron chi connectivity index (χ0n) is 28.7. The summed E-state index contributed by atoms with van der Waals surface area (Å²) in [4.78, 5) is 107. The van der Waals surface area contributed by atoms with Crippen LogP contribution in [0.1, 0.15) is 24.1 Å². The Morgan fingerprint density at radius 3 is 2.46 bits per heavy atom. The molecule has 54 heavy (non-hydrogen) atoms. The highest BCUT2D eigenvalue weighted by Gasteiger charge is 2.67. The summed E-state index contributed by atoms with van der Waals surface area (Å²) >= 11 is 0.916. The molecule has 4 atom stereocenters. The third-order valence-corrected chi connectivity index (χ3v) is 10.9. The number of hydrogen-bond acceptors (Lipinski definition) is 12. The van der Waals surface area contributed by atoms with Crippen molar-refractivity contribution in [2.75, 3.05) is 39.3 Å². The number of esters is 1. The van der Waals surface area contributed by atoms with E-state index in [2.05, 4.69) is 21.7 Å². The summed E-state index contributed by atoms with van der Waals surface area (Å²) in [5, 5.41) is 20.4. The molecule has 2 aromatic rings. The van der Waals surface area contributed by atoms with Crippen molar-refractivity contribution in [3.8, 4) is 12.3 Å². The highest BCUT2D eigenvalue weighted by atomic mass is 32.2. The fourth-order valence-electron chi connectivity index (χ4n) is 6.40.